The minimum Gasteiger partial charge on any atom is -0.464 e. The van der Waals surface area contributed by atoms with Crippen LogP contribution in [0.4, 0.5) is 0 Å². The molecule has 0 fully saturated rings. The fourth-order valence-corrected chi connectivity index (χ4v) is 3.15. The Morgan fingerprint density at radius 3 is 2.38 bits per heavy atom. The van der Waals surface area contributed by atoms with E-state index in [4.69, 9.17) is 4.74 Å². The van der Waals surface area contributed by atoms with Crippen LogP contribution < -0.4 is 10.6 Å². The largest absolute Gasteiger partial charge is 0.464 e. The van der Waals surface area contributed by atoms with Crippen molar-refractivity contribution in [3.63, 3.8) is 0 Å². The zero-order valence-electron chi connectivity index (χ0n) is 17.5. The minimum absolute atomic E-state index is 0.183. The van der Waals surface area contributed by atoms with Crippen molar-refractivity contribution >= 4 is 17.8 Å². The van der Waals surface area contributed by atoms with E-state index in [2.05, 4.69) is 15.7 Å². The highest BCUT2D eigenvalue weighted by atomic mass is 16.5. The molecule has 2 atom stereocenters. The van der Waals surface area contributed by atoms with E-state index in [-0.39, 0.29) is 12.5 Å². The molecule has 2 aromatic rings. The van der Waals surface area contributed by atoms with E-state index in [1.165, 1.54) is 6.92 Å². The van der Waals surface area contributed by atoms with Crippen LogP contribution in [-0.4, -0.2) is 40.2 Å². The van der Waals surface area contributed by atoms with Crippen molar-refractivity contribution in [2.75, 3.05) is 6.61 Å². The number of nitrogens with zero attached hydrogens (tertiary/aromatic N) is 2. The third-order valence-corrected chi connectivity index (χ3v) is 4.52. The van der Waals surface area contributed by atoms with Gasteiger partial charge in [-0.3, -0.25) is 14.3 Å². The Morgan fingerprint density at radius 1 is 1.14 bits per heavy atom. The second-order valence-corrected chi connectivity index (χ2v) is 6.84. The topological polar surface area (TPSA) is 102 Å². The molecule has 8 nitrogen and oxygen atoms in total. The van der Waals surface area contributed by atoms with Crippen LogP contribution in [0.1, 0.15) is 49.3 Å². The van der Waals surface area contributed by atoms with Gasteiger partial charge in [-0.2, -0.15) is 5.10 Å². The average molecular weight is 400 g/mol. The number of carbonyl (C=O) groups is 3. The molecule has 0 aliphatic carbocycles. The fraction of sp³-hybridized carbons (Fsp3) is 0.429. The Labute approximate surface area is 170 Å². The van der Waals surface area contributed by atoms with Crippen molar-refractivity contribution in [2.45, 2.75) is 53.2 Å². The first kappa shape index (κ1) is 22.1. The van der Waals surface area contributed by atoms with Gasteiger partial charge in [0.15, 0.2) is 6.04 Å². The van der Waals surface area contributed by atoms with Gasteiger partial charge in [0.2, 0.25) is 11.8 Å². The summed E-state index contributed by atoms with van der Waals surface area (Å²) in [5.41, 5.74) is 3.06. The summed E-state index contributed by atoms with van der Waals surface area (Å²) < 4.78 is 6.98. The van der Waals surface area contributed by atoms with E-state index >= 15 is 0 Å². The molecule has 156 valence electrons. The van der Waals surface area contributed by atoms with Crippen molar-refractivity contribution in [2.24, 2.45) is 0 Å². The van der Waals surface area contributed by atoms with E-state index in [1.54, 1.807) is 25.5 Å². The number of ether oxygens (including phenoxy) is 1. The SMILES string of the molecule is CCOC(=O)[C@H](NC(=O)[C@H](C)NC(C)=O)c1c(C)nn(Cc2ccccc2)c1C. The Kier molecular flexibility index (Phi) is 7.52. The second kappa shape index (κ2) is 9.86. The lowest BCUT2D eigenvalue weighted by Gasteiger charge is -2.21. The van der Waals surface area contributed by atoms with Crippen LogP contribution in [0.25, 0.3) is 0 Å². The highest BCUT2D eigenvalue weighted by Gasteiger charge is 2.31. The first-order chi connectivity index (χ1) is 13.7. The molecule has 1 heterocycles. The first-order valence-electron chi connectivity index (χ1n) is 9.56. The van der Waals surface area contributed by atoms with Gasteiger partial charge in [0.05, 0.1) is 18.8 Å². The minimum atomic E-state index is -1.01. The summed E-state index contributed by atoms with van der Waals surface area (Å²) in [5, 5.41) is 9.77. The standard InChI is InChI=1S/C21H28N4O4/c1-6-29-21(28)19(23-20(27)14(3)22-16(5)26)18-13(2)24-25(15(18)4)12-17-10-8-7-9-11-17/h7-11,14,19H,6,12H2,1-5H3,(H,22,26)(H,23,27)/t14-,19+/m0/s1. The molecule has 0 saturated carbocycles. The van der Waals surface area contributed by atoms with Crippen LogP contribution in [0.15, 0.2) is 30.3 Å². The monoisotopic (exact) mass is 400 g/mol. The molecule has 2 rings (SSSR count). The van der Waals surface area contributed by atoms with Crippen molar-refractivity contribution in [3.8, 4) is 0 Å². The third-order valence-electron chi connectivity index (χ3n) is 4.52. The predicted octanol–water partition coefficient (Wildman–Crippen LogP) is 1.79. The van der Waals surface area contributed by atoms with E-state index in [0.717, 1.165) is 11.3 Å². The highest BCUT2D eigenvalue weighted by molar-refractivity contribution is 5.90. The quantitative estimate of drug-likeness (QED) is 0.658. The number of rotatable bonds is 8. The molecule has 0 bridgehead atoms. The number of carbonyl (C=O) groups excluding carboxylic acids is 3. The lowest BCUT2D eigenvalue weighted by molar-refractivity contribution is -0.147. The molecule has 1 aromatic heterocycles. The van der Waals surface area contributed by atoms with Crippen LogP contribution in [0, 0.1) is 13.8 Å². The summed E-state index contributed by atoms with van der Waals surface area (Å²) in [6.45, 7) is 8.95. The smallest absolute Gasteiger partial charge is 0.333 e. The maximum Gasteiger partial charge on any atom is 0.333 e. The molecule has 8 heteroatoms. The number of benzene rings is 1. The molecule has 0 spiro atoms. The number of esters is 1. The summed E-state index contributed by atoms with van der Waals surface area (Å²) >= 11 is 0. The van der Waals surface area contributed by atoms with Crippen molar-refractivity contribution in [3.05, 3.63) is 52.8 Å². The number of hydrogen-bond acceptors (Lipinski definition) is 5. The lowest BCUT2D eigenvalue weighted by Crippen LogP contribution is -2.47. The third kappa shape index (κ3) is 5.66. The lowest BCUT2D eigenvalue weighted by atomic mass is 10.0. The normalized spacial score (nSPS) is 12.7. The molecule has 0 unspecified atom stereocenters. The zero-order valence-corrected chi connectivity index (χ0v) is 17.5. The van der Waals surface area contributed by atoms with Crippen LogP contribution in [0.5, 0.6) is 0 Å². The summed E-state index contributed by atoms with van der Waals surface area (Å²) in [6, 6.07) is 8.04. The van der Waals surface area contributed by atoms with Gasteiger partial charge in [-0.15, -0.1) is 0 Å². The Hall–Kier alpha value is -3.16. The molecule has 29 heavy (non-hydrogen) atoms. The number of hydrogen-bond donors (Lipinski definition) is 2. The van der Waals surface area contributed by atoms with E-state index < -0.39 is 24.0 Å². The second-order valence-electron chi connectivity index (χ2n) is 6.84. The van der Waals surface area contributed by atoms with Gasteiger partial charge >= 0.3 is 5.97 Å². The summed E-state index contributed by atoms with van der Waals surface area (Å²) in [5.74, 6) is -1.38. The van der Waals surface area contributed by atoms with Crippen LogP contribution in [-0.2, 0) is 25.7 Å². The van der Waals surface area contributed by atoms with Gasteiger partial charge in [-0.25, -0.2) is 4.79 Å². The fourth-order valence-electron chi connectivity index (χ4n) is 3.15. The van der Waals surface area contributed by atoms with Gasteiger partial charge in [-0.1, -0.05) is 30.3 Å². The van der Waals surface area contributed by atoms with Crippen LogP contribution >= 0.6 is 0 Å². The van der Waals surface area contributed by atoms with Crippen LogP contribution in [0.3, 0.4) is 0 Å². The van der Waals surface area contributed by atoms with Crippen molar-refractivity contribution in [1.29, 1.82) is 0 Å². The van der Waals surface area contributed by atoms with E-state index in [0.29, 0.717) is 17.8 Å². The number of nitrogens with one attached hydrogen (secondary N) is 2. The molecular formula is C21H28N4O4. The maximum absolute atomic E-state index is 12.6. The van der Waals surface area contributed by atoms with Gasteiger partial charge in [0.25, 0.3) is 0 Å². The molecular weight excluding hydrogens is 372 g/mol. The van der Waals surface area contributed by atoms with Gasteiger partial charge in [0.1, 0.15) is 6.04 Å². The Balaban J connectivity index is 2.34. The maximum atomic E-state index is 12.6. The summed E-state index contributed by atoms with van der Waals surface area (Å²) in [4.78, 5) is 36.4. The molecule has 0 aliphatic rings. The Bertz CT molecular complexity index is 876. The van der Waals surface area contributed by atoms with Gasteiger partial charge < -0.3 is 15.4 Å². The molecule has 0 radical (unpaired) electrons. The van der Waals surface area contributed by atoms with Gasteiger partial charge in [-0.05, 0) is 33.3 Å². The molecule has 0 saturated heterocycles. The summed E-state index contributed by atoms with van der Waals surface area (Å²) in [7, 11) is 0. The molecule has 2 N–H and O–H groups in total. The first-order valence-corrected chi connectivity index (χ1v) is 9.56. The van der Waals surface area contributed by atoms with Crippen molar-refractivity contribution in [1.82, 2.24) is 20.4 Å². The zero-order chi connectivity index (χ0) is 21.6. The number of amides is 2. The Morgan fingerprint density at radius 2 is 1.79 bits per heavy atom. The molecule has 0 aliphatic heterocycles. The molecule has 2 amide bonds. The highest BCUT2D eigenvalue weighted by Crippen LogP contribution is 2.24. The summed E-state index contributed by atoms with van der Waals surface area (Å²) in [6.07, 6.45) is 0. The van der Waals surface area contributed by atoms with E-state index in [1.807, 2.05) is 37.3 Å². The average Bonchev–Trinajstić information content (AvgIpc) is 2.93. The number of aromatic nitrogens is 2. The van der Waals surface area contributed by atoms with Crippen LogP contribution in [0.2, 0.25) is 0 Å². The van der Waals surface area contributed by atoms with Crippen molar-refractivity contribution < 1.29 is 19.1 Å². The van der Waals surface area contributed by atoms with Gasteiger partial charge in [0, 0.05) is 18.2 Å². The predicted molar refractivity (Wildman–Crippen MR) is 108 cm³/mol. The number of aryl methyl sites for hydroxylation is 1. The van der Waals surface area contributed by atoms with E-state index in [9.17, 15) is 14.4 Å². The molecule has 1 aromatic carbocycles.